The molecule has 1 aromatic heterocycles. The minimum Gasteiger partial charge on any atom is -0.395 e. The van der Waals surface area contributed by atoms with Crippen LogP contribution in [-0.2, 0) is 0 Å². The van der Waals surface area contributed by atoms with Crippen LogP contribution in [0.3, 0.4) is 0 Å². The lowest BCUT2D eigenvalue weighted by molar-refractivity contribution is -0.384. The normalized spacial score (nSPS) is 18.2. The van der Waals surface area contributed by atoms with Gasteiger partial charge < -0.3 is 15.3 Å². The Labute approximate surface area is 117 Å². The monoisotopic (exact) mass is 280 g/mol. The second kappa shape index (κ2) is 6.62. The number of hydrogen-bond acceptors (Lipinski definition) is 6. The van der Waals surface area contributed by atoms with Gasteiger partial charge in [-0.3, -0.25) is 10.1 Å². The fraction of sp³-hybridized carbons (Fsp3) is 0.615. The van der Waals surface area contributed by atoms with Crippen LogP contribution in [0.15, 0.2) is 12.1 Å². The molecular formula is C13H20N4O3. The van der Waals surface area contributed by atoms with Crippen molar-refractivity contribution in [2.45, 2.75) is 25.8 Å². The predicted octanol–water partition coefficient (Wildman–Crippen LogP) is 0.849. The van der Waals surface area contributed by atoms with Crippen molar-refractivity contribution in [3.05, 3.63) is 27.9 Å². The van der Waals surface area contributed by atoms with Gasteiger partial charge in [-0.05, 0) is 32.4 Å². The van der Waals surface area contributed by atoms with Crippen molar-refractivity contribution in [1.82, 2.24) is 10.3 Å². The number of nitrogens with one attached hydrogen (secondary N) is 1. The molecule has 1 aliphatic heterocycles. The van der Waals surface area contributed by atoms with E-state index in [0.717, 1.165) is 25.1 Å². The highest BCUT2D eigenvalue weighted by Gasteiger charge is 2.24. The van der Waals surface area contributed by atoms with Crippen molar-refractivity contribution in [3.63, 3.8) is 0 Å². The Hall–Kier alpha value is -1.73. The van der Waals surface area contributed by atoms with Crippen molar-refractivity contribution >= 4 is 11.5 Å². The zero-order chi connectivity index (χ0) is 14.5. The Morgan fingerprint density at radius 2 is 2.40 bits per heavy atom. The molecule has 0 bridgehead atoms. The van der Waals surface area contributed by atoms with Gasteiger partial charge in [0.15, 0.2) is 0 Å². The minimum atomic E-state index is -0.422. The molecule has 1 saturated heterocycles. The van der Waals surface area contributed by atoms with Crippen molar-refractivity contribution in [1.29, 1.82) is 0 Å². The van der Waals surface area contributed by atoms with Crippen molar-refractivity contribution in [3.8, 4) is 0 Å². The van der Waals surface area contributed by atoms with E-state index < -0.39 is 4.92 Å². The standard InChI is InChI=1S/C13H20N4O3/c1-10-4-5-12(17(19)20)13(15-10)16(7-8-18)9-11-3-2-6-14-11/h4-5,11,14,18H,2-3,6-9H2,1H3. The largest absolute Gasteiger partial charge is 0.395 e. The predicted molar refractivity (Wildman–Crippen MR) is 76.0 cm³/mol. The first-order valence-corrected chi connectivity index (χ1v) is 6.83. The van der Waals surface area contributed by atoms with Gasteiger partial charge in [0.2, 0.25) is 5.82 Å². The first-order valence-electron chi connectivity index (χ1n) is 6.83. The van der Waals surface area contributed by atoms with Gasteiger partial charge in [-0.25, -0.2) is 4.98 Å². The number of aryl methyl sites for hydroxylation is 1. The lowest BCUT2D eigenvalue weighted by Crippen LogP contribution is -2.39. The van der Waals surface area contributed by atoms with Crippen LogP contribution in [0, 0.1) is 17.0 Å². The summed E-state index contributed by atoms with van der Waals surface area (Å²) in [6, 6.07) is 3.40. The number of rotatable bonds is 6. The number of aliphatic hydroxyl groups excluding tert-OH is 1. The lowest BCUT2D eigenvalue weighted by atomic mass is 10.2. The summed E-state index contributed by atoms with van der Waals surface area (Å²) in [4.78, 5) is 16.8. The molecule has 110 valence electrons. The Morgan fingerprint density at radius 1 is 1.60 bits per heavy atom. The van der Waals surface area contributed by atoms with Crippen LogP contribution in [0.2, 0.25) is 0 Å². The molecule has 1 aliphatic rings. The molecule has 7 nitrogen and oxygen atoms in total. The topological polar surface area (TPSA) is 91.5 Å². The van der Waals surface area contributed by atoms with Crippen molar-refractivity contribution in [2.75, 3.05) is 31.1 Å². The Kier molecular flexibility index (Phi) is 4.86. The van der Waals surface area contributed by atoms with Gasteiger partial charge in [0.1, 0.15) is 0 Å². The van der Waals surface area contributed by atoms with Crippen molar-refractivity contribution in [2.24, 2.45) is 0 Å². The third-order valence-electron chi connectivity index (χ3n) is 3.46. The highest BCUT2D eigenvalue weighted by atomic mass is 16.6. The summed E-state index contributed by atoms with van der Waals surface area (Å²) in [5, 5.41) is 23.7. The van der Waals surface area contributed by atoms with Gasteiger partial charge in [-0.1, -0.05) is 0 Å². The molecular weight excluding hydrogens is 260 g/mol. The second-order valence-corrected chi connectivity index (χ2v) is 5.02. The van der Waals surface area contributed by atoms with Gasteiger partial charge >= 0.3 is 5.69 Å². The molecule has 20 heavy (non-hydrogen) atoms. The zero-order valence-electron chi connectivity index (χ0n) is 11.6. The summed E-state index contributed by atoms with van der Waals surface area (Å²) in [5.41, 5.74) is 0.718. The van der Waals surface area contributed by atoms with E-state index in [2.05, 4.69) is 10.3 Å². The van der Waals surface area contributed by atoms with Gasteiger partial charge in [0.05, 0.1) is 11.5 Å². The zero-order valence-corrected chi connectivity index (χ0v) is 11.6. The number of pyridine rings is 1. The Morgan fingerprint density at radius 3 is 3.00 bits per heavy atom. The summed E-state index contributed by atoms with van der Waals surface area (Å²) in [6.45, 7) is 3.69. The minimum absolute atomic E-state index is 0.0120. The van der Waals surface area contributed by atoms with E-state index in [1.807, 2.05) is 0 Å². The first-order chi connectivity index (χ1) is 9.61. The highest BCUT2D eigenvalue weighted by Crippen LogP contribution is 2.26. The van der Waals surface area contributed by atoms with E-state index in [4.69, 9.17) is 0 Å². The van der Waals surface area contributed by atoms with Crippen LogP contribution in [0.1, 0.15) is 18.5 Å². The molecule has 0 spiro atoms. The van der Waals surface area contributed by atoms with Crippen molar-refractivity contribution < 1.29 is 10.0 Å². The molecule has 0 aliphatic carbocycles. The van der Waals surface area contributed by atoms with Gasteiger partial charge in [0.25, 0.3) is 0 Å². The first kappa shape index (κ1) is 14.7. The molecule has 0 saturated carbocycles. The SMILES string of the molecule is Cc1ccc([N+](=O)[O-])c(N(CCO)CC2CCCN2)n1. The molecule has 2 rings (SSSR count). The average molecular weight is 280 g/mol. The summed E-state index contributed by atoms with van der Waals surface area (Å²) in [5.74, 6) is 0.345. The fourth-order valence-electron chi connectivity index (χ4n) is 2.49. The molecule has 0 amide bonds. The van der Waals surface area contributed by atoms with Gasteiger partial charge in [0, 0.05) is 30.9 Å². The number of nitro groups is 1. The maximum atomic E-state index is 11.1. The van der Waals surface area contributed by atoms with E-state index in [9.17, 15) is 15.2 Å². The van der Waals surface area contributed by atoms with Gasteiger partial charge in [-0.15, -0.1) is 0 Å². The molecule has 1 atom stereocenters. The molecule has 1 aromatic rings. The van der Waals surface area contributed by atoms with Crippen LogP contribution < -0.4 is 10.2 Å². The molecule has 0 radical (unpaired) electrons. The summed E-state index contributed by atoms with van der Waals surface area (Å²) >= 11 is 0. The van der Waals surface area contributed by atoms with E-state index in [-0.39, 0.29) is 12.3 Å². The molecule has 2 heterocycles. The molecule has 2 N–H and O–H groups in total. The number of aromatic nitrogens is 1. The molecule has 7 heteroatoms. The Bertz CT molecular complexity index is 475. The summed E-state index contributed by atoms with van der Waals surface area (Å²) in [7, 11) is 0. The highest BCUT2D eigenvalue weighted by molar-refractivity contribution is 5.58. The number of hydrogen-bond donors (Lipinski definition) is 2. The Balaban J connectivity index is 2.26. The smallest absolute Gasteiger partial charge is 0.311 e. The molecule has 1 fully saturated rings. The maximum Gasteiger partial charge on any atom is 0.311 e. The van der Waals surface area contributed by atoms with Crippen LogP contribution >= 0.6 is 0 Å². The third-order valence-corrected chi connectivity index (χ3v) is 3.46. The lowest BCUT2D eigenvalue weighted by Gasteiger charge is -2.26. The van der Waals surface area contributed by atoms with E-state index >= 15 is 0 Å². The third kappa shape index (κ3) is 3.43. The fourth-order valence-corrected chi connectivity index (χ4v) is 2.49. The molecule has 1 unspecified atom stereocenters. The quantitative estimate of drug-likeness (QED) is 0.593. The maximum absolute atomic E-state index is 11.1. The van der Waals surface area contributed by atoms with Gasteiger partial charge in [-0.2, -0.15) is 0 Å². The number of anilines is 1. The van der Waals surface area contributed by atoms with E-state index in [1.54, 1.807) is 17.9 Å². The van der Waals surface area contributed by atoms with E-state index in [1.165, 1.54) is 6.07 Å². The van der Waals surface area contributed by atoms with Crippen LogP contribution in [0.4, 0.5) is 11.5 Å². The summed E-state index contributed by atoms with van der Waals surface area (Å²) < 4.78 is 0. The summed E-state index contributed by atoms with van der Waals surface area (Å²) in [6.07, 6.45) is 2.16. The number of nitrogens with zero attached hydrogens (tertiary/aromatic N) is 3. The van der Waals surface area contributed by atoms with E-state index in [0.29, 0.717) is 24.9 Å². The average Bonchev–Trinajstić information content (AvgIpc) is 2.90. The molecule has 0 aromatic carbocycles. The van der Waals surface area contributed by atoms with Crippen LogP contribution in [0.25, 0.3) is 0 Å². The van der Waals surface area contributed by atoms with Crippen LogP contribution in [-0.4, -0.2) is 47.3 Å². The second-order valence-electron chi connectivity index (χ2n) is 5.02. The number of aliphatic hydroxyl groups is 1. The van der Waals surface area contributed by atoms with Crippen LogP contribution in [0.5, 0.6) is 0 Å².